The maximum atomic E-state index is 2.25. The van der Waals surface area contributed by atoms with Gasteiger partial charge in [0.2, 0.25) is 0 Å². The van der Waals surface area contributed by atoms with Gasteiger partial charge in [-0.05, 0) is 292 Å². The minimum absolute atomic E-state index is 0. The Balaban J connectivity index is -0.0000000308. The van der Waals surface area contributed by atoms with Gasteiger partial charge < -0.3 is 149 Å². The van der Waals surface area contributed by atoms with E-state index in [0.717, 1.165) is 0 Å². The molecule has 0 heterocycles. The standard InChI is InChI=1S/12C8H18S.12ClH.4Rh/c12*1-3-5-7-9-8-6-4-2;;;;;;;;;;;;;;;;/h12*3-8H2,1-2H3;12*1H;;;;/q;;;;;;;;;;;;;;;;;;;;;;;;4*+3/p-12. The summed E-state index contributed by atoms with van der Waals surface area (Å²) in [5, 5.41) is 0. The van der Waals surface area contributed by atoms with Crippen LogP contribution in [0.15, 0.2) is 0 Å². The Morgan fingerprint density at radius 2 is 0.113 bits per heavy atom. The molecule has 0 aliphatic carbocycles. The van der Waals surface area contributed by atoms with Crippen LogP contribution in [0.1, 0.15) is 474 Å². The molecule has 0 bridgehead atoms. The average Bonchev–Trinajstić information content (AvgIpc) is 1.71. The van der Waals surface area contributed by atoms with Crippen LogP contribution in [0.4, 0.5) is 0 Å². The van der Waals surface area contributed by atoms with E-state index < -0.39 is 0 Å². The van der Waals surface area contributed by atoms with Gasteiger partial charge in [-0.3, -0.25) is 0 Å². The summed E-state index contributed by atoms with van der Waals surface area (Å²) >= 11 is 25.2. The molecule has 124 heavy (non-hydrogen) atoms. The molecular weight excluding hydrogens is 2370 g/mol. The molecule has 792 valence electrons. The van der Waals surface area contributed by atoms with Crippen molar-refractivity contribution in [3.05, 3.63) is 0 Å². The second-order valence-corrected chi connectivity index (χ2v) is 42.5. The van der Waals surface area contributed by atoms with Crippen molar-refractivity contribution in [3.63, 3.8) is 0 Å². The molecule has 0 aliphatic heterocycles. The first-order chi connectivity index (χ1) is 53.0. The molecule has 0 atom stereocenters. The summed E-state index contributed by atoms with van der Waals surface area (Å²) in [7, 11) is 0. The fraction of sp³-hybridized carbons (Fsp3) is 1.00. The minimum Gasteiger partial charge on any atom is -1.00 e. The Labute approximate surface area is 967 Å². The van der Waals surface area contributed by atoms with Crippen molar-refractivity contribution in [1.29, 1.82) is 0 Å². The molecule has 0 radical (unpaired) electrons. The molecule has 0 aromatic rings. The normalized spacial score (nSPS) is 8.71. The van der Waals surface area contributed by atoms with E-state index in [1.807, 2.05) is 0 Å². The van der Waals surface area contributed by atoms with Crippen molar-refractivity contribution >= 4 is 141 Å². The van der Waals surface area contributed by atoms with Crippen LogP contribution in [-0.4, -0.2) is 138 Å². The summed E-state index contributed by atoms with van der Waals surface area (Å²) in [6.45, 7) is 54.0. The zero-order valence-electron chi connectivity index (χ0n) is 85.7. The van der Waals surface area contributed by atoms with Crippen molar-refractivity contribution in [1.82, 2.24) is 0 Å². The number of thioether (sulfide) groups is 12. The molecule has 0 spiro atoms. The largest absolute Gasteiger partial charge is 3.00 e. The topological polar surface area (TPSA) is 0 Å². The van der Waals surface area contributed by atoms with Gasteiger partial charge in [0.1, 0.15) is 0 Å². The Hall–Kier alpha value is 10.2. The van der Waals surface area contributed by atoms with Gasteiger partial charge in [-0.15, -0.1) is 0 Å². The molecule has 0 N–H and O–H groups in total. The summed E-state index contributed by atoms with van der Waals surface area (Å²) < 4.78 is 0. The molecule has 0 saturated heterocycles. The van der Waals surface area contributed by atoms with Crippen molar-refractivity contribution < 1.29 is 227 Å². The number of hydrogen-bond acceptors (Lipinski definition) is 12. The van der Waals surface area contributed by atoms with E-state index in [2.05, 4.69) is 307 Å². The average molecular weight is 2590 g/mol. The molecule has 28 heteroatoms. The summed E-state index contributed by atoms with van der Waals surface area (Å²) in [6, 6.07) is 0. The maximum absolute atomic E-state index is 2.25. The van der Waals surface area contributed by atoms with Crippen LogP contribution in [0.5, 0.6) is 0 Å². The summed E-state index contributed by atoms with van der Waals surface area (Å²) in [6.07, 6.45) is 65.8. The van der Waals surface area contributed by atoms with Gasteiger partial charge in [-0.25, -0.2) is 0 Å². The molecule has 0 unspecified atom stereocenters. The smallest absolute Gasteiger partial charge is 1.00 e. The molecular formula is C96H216Cl12Rh4S12. The van der Waals surface area contributed by atoms with Gasteiger partial charge in [0, 0.05) is 0 Å². The SMILES string of the molecule is CCCCSCCCC.CCCCSCCCC.CCCCSCCCC.CCCCSCCCC.CCCCSCCCC.CCCCSCCCC.CCCCSCCCC.CCCCSCCCC.CCCCSCCCC.CCCCSCCCC.CCCCSCCCC.CCCCSCCCC.[Cl-].[Cl-].[Cl-].[Cl-].[Cl-].[Cl-].[Cl-].[Cl-].[Cl-].[Cl-].[Cl-].[Cl-].[Rh+3].[Rh+3].[Rh+3].[Rh+3]. The van der Waals surface area contributed by atoms with Gasteiger partial charge in [0.05, 0.1) is 0 Å². The zero-order valence-corrected chi connectivity index (χ0v) is 111. The molecule has 0 aromatic carbocycles. The number of unbranched alkanes of at least 4 members (excludes halogenated alkanes) is 24. The van der Waals surface area contributed by atoms with Gasteiger partial charge in [0.15, 0.2) is 0 Å². The monoisotopic (exact) mass is 2580 g/mol. The van der Waals surface area contributed by atoms with Gasteiger partial charge in [0.25, 0.3) is 0 Å². The summed E-state index contributed by atoms with van der Waals surface area (Å²) in [4.78, 5) is 0. The van der Waals surface area contributed by atoms with Crippen LogP contribution < -0.4 is 149 Å². The van der Waals surface area contributed by atoms with Crippen molar-refractivity contribution in [2.45, 2.75) is 474 Å². The van der Waals surface area contributed by atoms with E-state index >= 15 is 0 Å². The molecule has 0 aromatic heterocycles. The van der Waals surface area contributed by atoms with E-state index in [-0.39, 0.29) is 227 Å². The minimum atomic E-state index is 0. The van der Waals surface area contributed by atoms with Crippen LogP contribution >= 0.6 is 141 Å². The third kappa shape index (κ3) is 337. The van der Waals surface area contributed by atoms with Gasteiger partial charge in [-0.2, -0.15) is 141 Å². The Morgan fingerprint density at radius 1 is 0.0806 bits per heavy atom. The molecule has 0 amide bonds. The molecule has 0 saturated carbocycles. The third-order valence-electron chi connectivity index (χ3n) is 15.4. The van der Waals surface area contributed by atoms with Gasteiger partial charge in [-0.1, -0.05) is 320 Å². The van der Waals surface area contributed by atoms with Crippen LogP contribution in [0.2, 0.25) is 0 Å². The van der Waals surface area contributed by atoms with Crippen molar-refractivity contribution in [2.24, 2.45) is 0 Å². The Kier molecular flexibility index (Phi) is 447. The van der Waals surface area contributed by atoms with E-state index in [1.165, 1.54) is 446 Å². The third-order valence-corrected chi connectivity index (χ3v) is 29.3. The summed E-state index contributed by atoms with van der Waals surface area (Å²) in [5.74, 6) is 32.9. The van der Waals surface area contributed by atoms with Crippen LogP contribution in [0.3, 0.4) is 0 Å². The molecule has 0 fully saturated rings. The van der Waals surface area contributed by atoms with E-state index in [9.17, 15) is 0 Å². The van der Waals surface area contributed by atoms with E-state index in [0.29, 0.717) is 0 Å². The van der Waals surface area contributed by atoms with Crippen molar-refractivity contribution in [3.8, 4) is 0 Å². The fourth-order valence-electron chi connectivity index (χ4n) is 7.14. The first-order valence-electron chi connectivity index (χ1n) is 47.9. The predicted molar refractivity (Wildman–Crippen MR) is 566 cm³/mol. The van der Waals surface area contributed by atoms with Crippen LogP contribution in [0, 0.1) is 0 Å². The predicted octanol–water partition coefficient (Wildman–Crippen LogP) is 3.88. The Morgan fingerprint density at radius 3 is 0.137 bits per heavy atom. The van der Waals surface area contributed by atoms with Crippen LogP contribution in [-0.2, 0) is 77.9 Å². The van der Waals surface area contributed by atoms with E-state index in [1.54, 1.807) is 0 Å². The fourth-order valence-corrected chi connectivity index (χ4v) is 21.4. The summed E-state index contributed by atoms with van der Waals surface area (Å²) in [5.41, 5.74) is 0. The van der Waals surface area contributed by atoms with E-state index in [4.69, 9.17) is 0 Å². The second kappa shape index (κ2) is 262. The van der Waals surface area contributed by atoms with Crippen LogP contribution in [0.25, 0.3) is 0 Å². The number of halogens is 12. The quantitative estimate of drug-likeness (QED) is 0.0643. The second-order valence-electron chi connectivity index (χ2n) is 27.8. The first kappa shape index (κ1) is 211. The Bertz CT molecular complexity index is 837. The molecule has 0 aliphatic rings. The molecule has 0 nitrogen and oxygen atoms in total. The zero-order chi connectivity index (χ0) is 83.4. The number of rotatable bonds is 72. The number of hydrogen-bond donors (Lipinski definition) is 0. The maximum Gasteiger partial charge on any atom is 3.00 e. The first-order valence-corrected chi connectivity index (χ1v) is 61.8. The molecule has 0 rings (SSSR count). The van der Waals surface area contributed by atoms with Gasteiger partial charge >= 0.3 is 77.9 Å². The van der Waals surface area contributed by atoms with Crippen molar-refractivity contribution in [2.75, 3.05) is 138 Å².